The first-order valence-electron chi connectivity index (χ1n) is 3.90. The van der Waals surface area contributed by atoms with Crippen molar-refractivity contribution in [2.75, 3.05) is 0 Å². The maximum absolute atomic E-state index is 4.25. The van der Waals surface area contributed by atoms with Crippen LogP contribution < -0.4 is 0 Å². The van der Waals surface area contributed by atoms with E-state index in [1.807, 2.05) is 6.92 Å². The lowest BCUT2D eigenvalue weighted by Crippen LogP contribution is -2.15. The maximum Gasteiger partial charge on any atom is 0.116 e. The monoisotopic (exact) mass is 228 g/mol. The highest BCUT2D eigenvalue weighted by Crippen LogP contribution is 2.28. The van der Waals surface area contributed by atoms with E-state index < -0.39 is 0 Å². The van der Waals surface area contributed by atoms with E-state index in [0.717, 1.165) is 15.9 Å². The first-order valence-corrected chi connectivity index (χ1v) is 4.70. The summed E-state index contributed by atoms with van der Waals surface area (Å²) in [5.41, 5.74) is 2.14. The van der Waals surface area contributed by atoms with Crippen molar-refractivity contribution in [3.8, 4) is 0 Å². The highest BCUT2D eigenvalue weighted by Gasteiger charge is 2.19. The first-order chi connectivity index (χ1) is 5.43. The Hall–Kier alpha value is -0.440. The van der Waals surface area contributed by atoms with E-state index in [1.54, 1.807) is 6.33 Å². The van der Waals surface area contributed by atoms with E-state index in [4.69, 9.17) is 0 Å². The lowest BCUT2D eigenvalue weighted by Gasteiger charge is -2.19. The van der Waals surface area contributed by atoms with Crippen LogP contribution in [-0.4, -0.2) is 9.97 Å². The number of hydrogen-bond donors (Lipinski definition) is 0. The van der Waals surface area contributed by atoms with E-state index in [9.17, 15) is 0 Å². The van der Waals surface area contributed by atoms with Crippen LogP contribution >= 0.6 is 15.9 Å². The highest BCUT2D eigenvalue weighted by atomic mass is 79.9. The van der Waals surface area contributed by atoms with Crippen molar-refractivity contribution < 1.29 is 0 Å². The fourth-order valence-corrected chi connectivity index (χ4v) is 1.78. The van der Waals surface area contributed by atoms with Gasteiger partial charge in [-0.05, 0) is 22.9 Å². The number of rotatable bonds is 0. The average Bonchev–Trinajstić information content (AvgIpc) is 1.92. The van der Waals surface area contributed by atoms with Gasteiger partial charge in [0, 0.05) is 5.41 Å². The number of nitrogens with zero attached hydrogens (tertiary/aromatic N) is 2. The molecule has 0 atom stereocenters. The van der Waals surface area contributed by atoms with Crippen molar-refractivity contribution in [1.82, 2.24) is 9.97 Å². The molecule has 0 radical (unpaired) electrons. The van der Waals surface area contributed by atoms with Crippen LogP contribution in [0.2, 0.25) is 0 Å². The Bertz CT molecular complexity index is 289. The highest BCUT2D eigenvalue weighted by molar-refractivity contribution is 9.10. The van der Waals surface area contributed by atoms with Gasteiger partial charge in [0.05, 0.1) is 15.9 Å². The van der Waals surface area contributed by atoms with Gasteiger partial charge in [0.25, 0.3) is 0 Å². The molecule has 0 saturated carbocycles. The second-order valence-corrected chi connectivity index (χ2v) is 4.66. The molecule has 0 spiro atoms. The smallest absolute Gasteiger partial charge is 0.116 e. The minimum atomic E-state index is 0.0759. The third kappa shape index (κ3) is 1.83. The number of halogens is 1. The minimum Gasteiger partial charge on any atom is -0.240 e. The molecule has 12 heavy (non-hydrogen) atoms. The Balaban J connectivity index is 3.26. The van der Waals surface area contributed by atoms with Gasteiger partial charge in [-0.15, -0.1) is 0 Å². The van der Waals surface area contributed by atoms with Crippen LogP contribution in [0.4, 0.5) is 0 Å². The summed E-state index contributed by atoms with van der Waals surface area (Å²) in [5, 5.41) is 0. The fourth-order valence-electron chi connectivity index (χ4n) is 0.981. The Labute approximate surface area is 81.6 Å². The van der Waals surface area contributed by atoms with Gasteiger partial charge in [-0.25, -0.2) is 9.97 Å². The van der Waals surface area contributed by atoms with Gasteiger partial charge in [-0.3, -0.25) is 0 Å². The standard InChI is InChI=1S/C9H13BrN2/c1-6-7(10)8(9(2,3)4)12-5-11-6/h5H,1-4H3. The van der Waals surface area contributed by atoms with E-state index in [-0.39, 0.29) is 5.41 Å². The lowest BCUT2D eigenvalue weighted by atomic mass is 9.92. The molecule has 0 fully saturated rings. The Morgan fingerprint density at radius 3 is 2.25 bits per heavy atom. The topological polar surface area (TPSA) is 25.8 Å². The molecule has 1 aromatic rings. The predicted molar refractivity (Wildman–Crippen MR) is 53.2 cm³/mol. The summed E-state index contributed by atoms with van der Waals surface area (Å²) in [4.78, 5) is 8.35. The van der Waals surface area contributed by atoms with Crippen LogP contribution in [0, 0.1) is 6.92 Å². The van der Waals surface area contributed by atoms with Crippen LogP contribution in [-0.2, 0) is 5.41 Å². The molecule has 1 aromatic heterocycles. The van der Waals surface area contributed by atoms with Crippen LogP contribution in [0.3, 0.4) is 0 Å². The molecule has 0 aliphatic rings. The quantitative estimate of drug-likeness (QED) is 0.683. The molecule has 0 aromatic carbocycles. The van der Waals surface area contributed by atoms with Crippen molar-refractivity contribution in [3.63, 3.8) is 0 Å². The zero-order chi connectivity index (χ0) is 9.35. The summed E-state index contributed by atoms with van der Waals surface area (Å²) < 4.78 is 1.03. The molecule has 2 nitrogen and oxygen atoms in total. The average molecular weight is 229 g/mol. The SMILES string of the molecule is Cc1ncnc(C(C)(C)C)c1Br. The molecule has 3 heteroatoms. The Kier molecular flexibility index (Phi) is 2.52. The normalized spacial score (nSPS) is 11.8. The van der Waals surface area contributed by atoms with E-state index in [0.29, 0.717) is 0 Å². The van der Waals surface area contributed by atoms with Gasteiger partial charge in [-0.2, -0.15) is 0 Å². The summed E-state index contributed by atoms with van der Waals surface area (Å²) in [6, 6.07) is 0. The van der Waals surface area contributed by atoms with Crippen molar-refractivity contribution in [1.29, 1.82) is 0 Å². The predicted octanol–water partition coefficient (Wildman–Crippen LogP) is 2.85. The van der Waals surface area contributed by atoms with Crippen molar-refractivity contribution >= 4 is 15.9 Å². The zero-order valence-corrected chi connectivity index (χ0v) is 9.44. The van der Waals surface area contributed by atoms with Gasteiger partial charge in [0.1, 0.15) is 6.33 Å². The van der Waals surface area contributed by atoms with E-state index in [2.05, 4.69) is 46.7 Å². The maximum atomic E-state index is 4.25. The van der Waals surface area contributed by atoms with Crippen LogP contribution in [0.5, 0.6) is 0 Å². The lowest BCUT2D eigenvalue weighted by molar-refractivity contribution is 0.561. The van der Waals surface area contributed by atoms with E-state index >= 15 is 0 Å². The van der Waals surface area contributed by atoms with Gasteiger partial charge < -0.3 is 0 Å². The van der Waals surface area contributed by atoms with Gasteiger partial charge in [0.15, 0.2) is 0 Å². The van der Waals surface area contributed by atoms with Crippen LogP contribution in [0.25, 0.3) is 0 Å². The van der Waals surface area contributed by atoms with E-state index in [1.165, 1.54) is 0 Å². The third-order valence-electron chi connectivity index (χ3n) is 1.67. The molecule has 0 aliphatic carbocycles. The van der Waals surface area contributed by atoms with Crippen molar-refractivity contribution in [2.24, 2.45) is 0 Å². The summed E-state index contributed by atoms with van der Waals surface area (Å²) in [7, 11) is 0. The molecule has 0 bridgehead atoms. The summed E-state index contributed by atoms with van der Waals surface area (Å²) >= 11 is 3.49. The second-order valence-electron chi connectivity index (χ2n) is 3.87. The molecule has 0 unspecified atom stereocenters. The molecule has 0 amide bonds. The van der Waals surface area contributed by atoms with Crippen molar-refractivity contribution in [2.45, 2.75) is 33.1 Å². The van der Waals surface area contributed by atoms with Crippen LogP contribution in [0.15, 0.2) is 10.8 Å². The minimum absolute atomic E-state index is 0.0759. The third-order valence-corrected chi connectivity index (χ3v) is 2.62. The molecule has 0 N–H and O–H groups in total. The Morgan fingerprint density at radius 2 is 1.83 bits per heavy atom. The first kappa shape index (κ1) is 9.65. The van der Waals surface area contributed by atoms with Gasteiger partial charge >= 0.3 is 0 Å². The number of aromatic nitrogens is 2. The zero-order valence-electron chi connectivity index (χ0n) is 7.85. The summed E-state index contributed by atoms with van der Waals surface area (Å²) in [6.45, 7) is 8.39. The van der Waals surface area contributed by atoms with Gasteiger partial charge in [-0.1, -0.05) is 20.8 Å². The van der Waals surface area contributed by atoms with Gasteiger partial charge in [0.2, 0.25) is 0 Å². The summed E-state index contributed by atoms with van der Waals surface area (Å²) in [6.07, 6.45) is 1.61. The molecule has 66 valence electrons. The molecule has 1 rings (SSSR count). The fraction of sp³-hybridized carbons (Fsp3) is 0.556. The molecule has 1 heterocycles. The molecular weight excluding hydrogens is 216 g/mol. The molecule has 0 aliphatic heterocycles. The second kappa shape index (κ2) is 3.13. The van der Waals surface area contributed by atoms with Crippen molar-refractivity contribution in [3.05, 3.63) is 22.2 Å². The van der Waals surface area contributed by atoms with Crippen LogP contribution in [0.1, 0.15) is 32.2 Å². The largest absolute Gasteiger partial charge is 0.240 e. The Morgan fingerprint density at radius 1 is 1.25 bits per heavy atom. The molecule has 0 saturated heterocycles. The number of hydrogen-bond acceptors (Lipinski definition) is 2. The summed E-state index contributed by atoms with van der Waals surface area (Å²) in [5.74, 6) is 0. The number of aryl methyl sites for hydroxylation is 1. The molecular formula is C9H13BrN2.